The molecule has 3 aromatic heterocycles. The quantitative estimate of drug-likeness (QED) is 0.314. The summed E-state index contributed by atoms with van der Waals surface area (Å²) in [4.78, 5) is 34.3. The van der Waals surface area contributed by atoms with E-state index < -0.39 is 5.63 Å². The molecular formula is C30H27N3O4. The number of nitrogens with zero attached hydrogens (tertiary/aromatic N) is 3. The van der Waals surface area contributed by atoms with Crippen LogP contribution in [0, 0.1) is 6.92 Å². The lowest BCUT2D eigenvalue weighted by atomic mass is 9.99. The first kappa shape index (κ1) is 23.0. The number of pyridine rings is 1. The van der Waals surface area contributed by atoms with Gasteiger partial charge in [-0.05, 0) is 42.7 Å². The number of rotatable bonds is 5. The van der Waals surface area contributed by atoms with E-state index in [1.54, 1.807) is 18.5 Å². The van der Waals surface area contributed by atoms with Crippen LogP contribution in [0.1, 0.15) is 17.5 Å². The number of amides is 1. The largest absolute Gasteiger partial charge is 0.464 e. The highest BCUT2D eigenvalue weighted by atomic mass is 16.4. The van der Waals surface area contributed by atoms with Crippen molar-refractivity contribution >= 4 is 33.7 Å². The van der Waals surface area contributed by atoms with Gasteiger partial charge in [0.05, 0.1) is 6.26 Å². The fraction of sp³-hybridized carbons (Fsp3) is 0.233. The van der Waals surface area contributed by atoms with Gasteiger partial charge in [-0.15, -0.1) is 0 Å². The summed E-state index contributed by atoms with van der Waals surface area (Å²) >= 11 is 0. The molecule has 7 heteroatoms. The molecule has 6 rings (SSSR count). The van der Waals surface area contributed by atoms with Gasteiger partial charge in [-0.3, -0.25) is 4.79 Å². The molecule has 0 aliphatic carbocycles. The number of hydrogen-bond acceptors (Lipinski definition) is 6. The molecule has 1 aliphatic heterocycles. The van der Waals surface area contributed by atoms with Gasteiger partial charge >= 0.3 is 5.63 Å². The van der Waals surface area contributed by atoms with Crippen LogP contribution in [0.4, 0.5) is 5.82 Å². The number of fused-ring (bicyclic) bond motifs is 2. The Morgan fingerprint density at radius 3 is 2.49 bits per heavy atom. The Hall–Kier alpha value is -4.39. The van der Waals surface area contributed by atoms with E-state index >= 15 is 0 Å². The third-order valence-electron chi connectivity index (χ3n) is 7.26. The molecule has 0 radical (unpaired) electrons. The molecule has 0 atom stereocenters. The average Bonchev–Trinajstić information content (AvgIpc) is 3.36. The maximum atomic E-state index is 13.0. The SMILES string of the molecule is Cc1c(CCC(=O)N2CCN(c3ccccn3)CC2)c(=O)oc2cc3occ(-c4ccccc4)c3cc12. The highest BCUT2D eigenvalue weighted by molar-refractivity contribution is 6.02. The fourth-order valence-corrected chi connectivity index (χ4v) is 5.16. The maximum absolute atomic E-state index is 13.0. The van der Waals surface area contributed by atoms with Gasteiger partial charge < -0.3 is 18.6 Å². The molecule has 4 heterocycles. The van der Waals surface area contributed by atoms with E-state index in [0.29, 0.717) is 36.2 Å². The number of hydrogen-bond donors (Lipinski definition) is 0. The molecule has 0 saturated carbocycles. The topological polar surface area (TPSA) is 79.8 Å². The van der Waals surface area contributed by atoms with E-state index in [4.69, 9.17) is 8.83 Å². The highest BCUT2D eigenvalue weighted by Gasteiger charge is 2.23. The number of aromatic nitrogens is 1. The molecule has 7 nitrogen and oxygen atoms in total. The number of furan rings is 1. The van der Waals surface area contributed by atoms with Crippen molar-refractivity contribution in [3.63, 3.8) is 0 Å². The molecule has 0 unspecified atom stereocenters. The Bertz CT molecular complexity index is 1630. The van der Waals surface area contributed by atoms with Crippen molar-refractivity contribution in [3.05, 3.63) is 94.7 Å². The summed E-state index contributed by atoms with van der Waals surface area (Å²) in [6.07, 6.45) is 4.13. The van der Waals surface area contributed by atoms with E-state index in [2.05, 4.69) is 9.88 Å². The minimum atomic E-state index is -0.396. The van der Waals surface area contributed by atoms with Crippen molar-refractivity contribution < 1.29 is 13.6 Å². The van der Waals surface area contributed by atoms with Gasteiger partial charge in [-0.25, -0.2) is 9.78 Å². The van der Waals surface area contributed by atoms with Gasteiger partial charge in [0.25, 0.3) is 0 Å². The normalized spacial score (nSPS) is 14.0. The minimum absolute atomic E-state index is 0.0521. The summed E-state index contributed by atoms with van der Waals surface area (Å²) in [6.45, 7) is 4.69. The Morgan fingerprint density at radius 2 is 1.73 bits per heavy atom. The first-order valence-corrected chi connectivity index (χ1v) is 12.6. The van der Waals surface area contributed by atoms with Crippen molar-refractivity contribution in [2.75, 3.05) is 31.1 Å². The molecule has 1 aliphatic rings. The van der Waals surface area contributed by atoms with Gasteiger partial charge in [0.15, 0.2) is 0 Å². The lowest BCUT2D eigenvalue weighted by Crippen LogP contribution is -2.49. The third-order valence-corrected chi connectivity index (χ3v) is 7.26. The van der Waals surface area contributed by atoms with Gasteiger partial charge in [0, 0.05) is 66.8 Å². The number of anilines is 1. The lowest BCUT2D eigenvalue weighted by molar-refractivity contribution is -0.131. The van der Waals surface area contributed by atoms with Crippen molar-refractivity contribution in [1.82, 2.24) is 9.88 Å². The van der Waals surface area contributed by atoms with Gasteiger partial charge in [-0.2, -0.15) is 0 Å². The molecule has 5 aromatic rings. The zero-order valence-corrected chi connectivity index (χ0v) is 20.6. The van der Waals surface area contributed by atoms with Crippen LogP contribution in [0.5, 0.6) is 0 Å². The predicted molar refractivity (Wildman–Crippen MR) is 144 cm³/mol. The second-order valence-electron chi connectivity index (χ2n) is 9.41. The lowest BCUT2D eigenvalue weighted by Gasteiger charge is -2.35. The Labute approximate surface area is 213 Å². The number of carbonyl (C=O) groups excluding carboxylic acids is 1. The maximum Gasteiger partial charge on any atom is 0.339 e. The van der Waals surface area contributed by atoms with Crippen LogP contribution in [0.15, 0.2) is 86.8 Å². The van der Waals surface area contributed by atoms with E-state index in [0.717, 1.165) is 46.4 Å². The molecule has 1 fully saturated rings. The number of piperazine rings is 1. The number of benzene rings is 2. The van der Waals surface area contributed by atoms with Crippen LogP contribution < -0.4 is 10.5 Å². The number of carbonyl (C=O) groups is 1. The van der Waals surface area contributed by atoms with Crippen LogP contribution in [-0.4, -0.2) is 42.0 Å². The van der Waals surface area contributed by atoms with E-state index in [-0.39, 0.29) is 12.3 Å². The predicted octanol–water partition coefficient (Wildman–Crippen LogP) is 5.19. The van der Waals surface area contributed by atoms with Crippen LogP contribution in [0.25, 0.3) is 33.1 Å². The van der Waals surface area contributed by atoms with Crippen molar-refractivity contribution in [3.8, 4) is 11.1 Å². The van der Waals surface area contributed by atoms with Crippen LogP contribution in [0.3, 0.4) is 0 Å². The molecule has 2 aromatic carbocycles. The molecule has 1 amide bonds. The first-order valence-electron chi connectivity index (χ1n) is 12.6. The van der Waals surface area contributed by atoms with Crippen molar-refractivity contribution in [1.29, 1.82) is 0 Å². The Kier molecular flexibility index (Phi) is 5.96. The highest BCUT2D eigenvalue weighted by Crippen LogP contribution is 2.34. The Morgan fingerprint density at radius 1 is 0.946 bits per heavy atom. The van der Waals surface area contributed by atoms with Crippen molar-refractivity contribution in [2.24, 2.45) is 0 Å². The monoisotopic (exact) mass is 493 g/mol. The molecule has 0 bridgehead atoms. The molecular weight excluding hydrogens is 466 g/mol. The van der Waals surface area contributed by atoms with E-state index in [1.165, 1.54) is 0 Å². The first-order chi connectivity index (χ1) is 18.1. The summed E-state index contributed by atoms with van der Waals surface area (Å²) in [5.41, 5.74) is 4.21. The van der Waals surface area contributed by atoms with Gasteiger partial charge in [0.1, 0.15) is 17.0 Å². The van der Waals surface area contributed by atoms with Crippen LogP contribution in [-0.2, 0) is 11.2 Å². The summed E-state index contributed by atoms with van der Waals surface area (Å²) in [6, 6.07) is 19.7. The number of aryl methyl sites for hydroxylation is 1. The van der Waals surface area contributed by atoms with E-state index in [9.17, 15) is 9.59 Å². The van der Waals surface area contributed by atoms with Crippen LogP contribution in [0.2, 0.25) is 0 Å². The molecule has 0 N–H and O–H groups in total. The smallest absolute Gasteiger partial charge is 0.339 e. The average molecular weight is 494 g/mol. The second kappa shape index (κ2) is 9.58. The summed E-state index contributed by atoms with van der Waals surface area (Å²) in [5.74, 6) is 0.984. The molecule has 1 saturated heterocycles. The molecule has 186 valence electrons. The second-order valence-corrected chi connectivity index (χ2v) is 9.41. The molecule has 0 spiro atoms. The summed E-state index contributed by atoms with van der Waals surface area (Å²) < 4.78 is 11.5. The van der Waals surface area contributed by atoms with Crippen molar-refractivity contribution in [2.45, 2.75) is 19.8 Å². The van der Waals surface area contributed by atoms with E-state index in [1.807, 2.05) is 66.4 Å². The van der Waals surface area contributed by atoms with Gasteiger partial charge in [0.2, 0.25) is 5.91 Å². The zero-order valence-electron chi connectivity index (χ0n) is 20.6. The van der Waals surface area contributed by atoms with Gasteiger partial charge in [-0.1, -0.05) is 36.4 Å². The fourth-order valence-electron chi connectivity index (χ4n) is 5.16. The summed E-state index contributed by atoms with van der Waals surface area (Å²) in [7, 11) is 0. The summed E-state index contributed by atoms with van der Waals surface area (Å²) in [5, 5.41) is 1.82. The standard InChI is InChI=1S/C30H27N3O4/c1-20-22(10-11-29(34)33-15-13-32(14-16-33)28-9-5-6-12-31-28)30(35)37-27-18-26-24(17-23(20)27)25(19-36-26)21-7-3-2-4-8-21/h2-9,12,17-19H,10-11,13-16H2,1H3. The molecule has 37 heavy (non-hydrogen) atoms. The van der Waals surface area contributed by atoms with Crippen LogP contribution >= 0.6 is 0 Å². The zero-order chi connectivity index (χ0) is 25.4. The Balaban J connectivity index is 1.21. The minimum Gasteiger partial charge on any atom is -0.464 e. The third kappa shape index (κ3) is 4.37.